The van der Waals surface area contributed by atoms with Gasteiger partial charge in [0.15, 0.2) is 0 Å². The van der Waals surface area contributed by atoms with Crippen LogP contribution in [0.1, 0.15) is 11.1 Å². The molecule has 19 heavy (non-hydrogen) atoms. The topological polar surface area (TPSA) is 20.2 Å². The molecular formula is C15H13BrF2O. The molecule has 0 radical (unpaired) electrons. The molecule has 0 fully saturated rings. The van der Waals surface area contributed by atoms with E-state index in [1.807, 2.05) is 0 Å². The highest BCUT2D eigenvalue weighted by molar-refractivity contribution is 9.10. The van der Waals surface area contributed by atoms with Gasteiger partial charge in [-0.2, -0.15) is 0 Å². The van der Waals surface area contributed by atoms with E-state index in [0.29, 0.717) is 17.3 Å². The van der Waals surface area contributed by atoms with Crippen molar-refractivity contribution in [3.8, 4) is 0 Å². The Morgan fingerprint density at radius 2 is 1.58 bits per heavy atom. The van der Waals surface area contributed by atoms with E-state index in [2.05, 4.69) is 15.9 Å². The van der Waals surface area contributed by atoms with Crippen molar-refractivity contribution in [1.29, 1.82) is 0 Å². The number of hydrogen-bond acceptors (Lipinski definition) is 1. The van der Waals surface area contributed by atoms with Crippen molar-refractivity contribution in [2.45, 2.75) is 18.9 Å². The second kappa shape index (κ2) is 6.26. The maximum atomic E-state index is 12.9. The van der Waals surface area contributed by atoms with Crippen LogP contribution in [-0.2, 0) is 12.8 Å². The lowest BCUT2D eigenvalue weighted by molar-refractivity contribution is 0.175. The molecular weight excluding hydrogens is 314 g/mol. The Labute approximate surface area is 119 Å². The quantitative estimate of drug-likeness (QED) is 0.904. The Hall–Kier alpha value is -1.26. The summed E-state index contributed by atoms with van der Waals surface area (Å²) in [6.07, 6.45) is 0.259. The first-order valence-electron chi connectivity index (χ1n) is 5.91. The zero-order chi connectivity index (χ0) is 13.8. The molecule has 1 nitrogen and oxygen atoms in total. The standard InChI is InChI=1S/C15H13BrF2O/c16-15-9-13(18)6-3-11(15)8-14(19)7-10-1-4-12(17)5-2-10/h1-6,9,14,19H,7-8H2. The number of halogens is 3. The highest BCUT2D eigenvalue weighted by Gasteiger charge is 2.10. The van der Waals surface area contributed by atoms with Gasteiger partial charge in [0.1, 0.15) is 11.6 Å². The summed E-state index contributed by atoms with van der Waals surface area (Å²) in [4.78, 5) is 0. The van der Waals surface area contributed by atoms with E-state index >= 15 is 0 Å². The SMILES string of the molecule is OC(Cc1ccc(F)cc1)Cc1ccc(F)cc1Br. The number of benzene rings is 2. The average molecular weight is 327 g/mol. The monoisotopic (exact) mass is 326 g/mol. The van der Waals surface area contributed by atoms with Gasteiger partial charge in [0.2, 0.25) is 0 Å². The van der Waals surface area contributed by atoms with Gasteiger partial charge in [-0.25, -0.2) is 8.78 Å². The summed E-state index contributed by atoms with van der Waals surface area (Å²) in [5, 5.41) is 10.0. The lowest BCUT2D eigenvalue weighted by atomic mass is 10.0. The van der Waals surface area contributed by atoms with Gasteiger partial charge in [-0.1, -0.05) is 34.1 Å². The largest absolute Gasteiger partial charge is 0.392 e. The van der Waals surface area contributed by atoms with Crippen molar-refractivity contribution < 1.29 is 13.9 Å². The maximum Gasteiger partial charge on any atom is 0.124 e. The lowest BCUT2D eigenvalue weighted by Gasteiger charge is -2.12. The molecule has 1 atom stereocenters. The van der Waals surface area contributed by atoms with Crippen molar-refractivity contribution in [2.75, 3.05) is 0 Å². The van der Waals surface area contributed by atoms with Crippen LogP contribution < -0.4 is 0 Å². The molecule has 1 unspecified atom stereocenters. The molecule has 0 spiro atoms. The number of hydrogen-bond donors (Lipinski definition) is 1. The van der Waals surface area contributed by atoms with Crippen molar-refractivity contribution in [1.82, 2.24) is 0 Å². The molecule has 1 N–H and O–H groups in total. The van der Waals surface area contributed by atoms with E-state index in [4.69, 9.17) is 0 Å². The first-order chi connectivity index (χ1) is 9.04. The van der Waals surface area contributed by atoms with E-state index in [9.17, 15) is 13.9 Å². The van der Waals surface area contributed by atoms with Crippen LogP contribution in [0.25, 0.3) is 0 Å². The highest BCUT2D eigenvalue weighted by Crippen LogP contribution is 2.20. The number of aliphatic hydroxyl groups excluding tert-OH is 1. The highest BCUT2D eigenvalue weighted by atomic mass is 79.9. The molecule has 0 aliphatic carbocycles. The van der Waals surface area contributed by atoms with Crippen LogP contribution in [0.2, 0.25) is 0 Å². The van der Waals surface area contributed by atoms with E-state index in [0.717, 1.165) is 11.1 Å². The molecule has 2 aromatic rings. The molecule has 0 aromatic heterocycles. The molecule has 0 aliphatic heterocycles. The zero-order valence-corrected chi connectivity index (χ0v) is 11.7. The Morgan fingerprint density at radius 3 is 2.21 bits per heavy atom. The summed E-state index contributed by atoms with van der Waals surface area (Å²) in [5.74, 6) is -0.608. The van der Waals surface area contributed by atoms with Gasteiger partial charge in [0.05, 0.1) is 6.10 Å². The lowest BCUT2D eigenvalue weighted by Crippen LogP contribution is -2.14. The first-order valence-corrected chi connectivity index (χ1v) is 6.70. The minimum atomic E-state index is -0.591. The molecule has 4 heteroatoms. The van der Waals surface area contributed by atoms with Gasteiger partial charge in [-0.15, -0.1) is 0 Å². The van der Waals surface area contributed by atoms with Crippen molar-refractivity contribution in [3.63, 3.8) is 0 Å². The van der Waals surface area contributed by atoms with Gasteiger partial charge < -0.3 is 5.11 Å². The molecule has 2 rings (SSSR count). The van der Waals surface area contributed by atoms with E-state index in [1.54, 1.807) is 18.2 Å². The molecule has 0 aliphatic rings. The van der Waals surface area contributed by atoms with Crippen molar-refractivity contribution in [3.05, 3.63) is 69.7 Å². The van der Waals surface area contributed by atoms with Gasteiger partial charge in [0.25, 0.3) is 0 Å². The summed E-state index contributed by atoms with van der Waals surface area (Å²) in [6.45, 7) is 0. The van der Waals surface area contributed by atoms with Gasteiger partial charge in [-0.05, 0) is 48.2 Å². The Bertz CT molecular complexity index is 555. The van der Waals surface area contributed by atoms with E-state index in [1.165, 1.54) is 24.3 Å². The maximum absolute atomic E-state index is 12.9. The van der Waals surface area contributed by atoms with Crippen molar-refractivity contribution >= 4 is 15.9 Å². The van der Waals surface area contributed by atoms with Gasteiger partial charge in [0, 0.05) is 4.47 Å². The van der Waals surface area contributed by atoms with E-state index in [-0.39, 0.29) is 11.6 Å². The minimum Gasteiger partial charge on any atom is -0.392 e. The van der Waals surface area contributed by atoms with Gasteiger partial charge in [-0.3, -0.25) is 0 Å². The smallest absolute Gasteiger partial charge is 0.124 e. The normalized spacial score (nSPS) is 12.4. The first kappa shape index (κ1) is 14.2. The predicted octanol–water partition coefficient (Wildman–Crippen LogP) is 3.87. The minimum absolute atomic E-state index is 0.292. The summed E-state index contributed by atoms with van der Waals surface area (Å²) >= 11 is 3.27. The van der Waals surface area contributed by atoms with Crippen LogP contribution in [0.5, 0.6) is 0 Å². The molecule has 0 saturated heterocycles. The zero-order valence-electron chi connectivity index (χ0n) is 10.1. The second-order valence-electron chi connectivity index (χ2n) is 4.42. The average Bonchev–Trinajstić information content (AvgIpc) is 2.36. The molecule has 0 bridgehead atoms. The third-order valence-corrected chi connectivity index (χ3v) is 3.59. The molecule has 100 valence electrons. The van der Waals surface area contributed by atoms with Crippen LogP contribution >= 0.6 is 15.9 Å². The number of aliphatic hydroxyl groups is 1. The molecule has 0 saturated carbocycles. The fourth-order valence-electron chi connectivity index (χ4n) is 1.91. The Balaban J connectivity index is 2.01. The predicted molar refractivity (Wildman–Crippen MR) is 73.9 cm³/mol. The molecule has 2 aromatic carbocycles. The second-order valence-corrected chi connectivity index (χ2v) is 5.28. The molecule has 0 amide bonds. The number of rotatable bonds is 4. The Morgan fingerprint density at radius 1 is 0.947 bits per heavy atom. The fourth-order valence-corrected chi connectivity index (χ4v) is 2.42. The van der Waals surface area contributed by atoms with Crippen molar-refractivity contribution in [2.24, 2.45) is 0 Å². The third-order valence-electron chi connectivity index (χ3n) is 2.86. The van der Waals surface area contributed by atoms with Crippen LogP contribution in [0.4, 0.5) is 8.78 Å². The summed E-state index contributed by atoms with van der Waals surface area (Å²) in [7, 11) is 0. The van der Waals surface area contributed by atoms with Crippen LogP contribution in [0.3, 0.4) is 0 Å². The molecule has 0 heterocycles. The third kappa shape index (κ3) is 4.11. The fraction of sp³-hybridized carbons (Fsp3) is 0.200. The van der Waals surface area contributed by atoms with Crippen LogP contribution in [-0.4, -0.2) is 11.2 Å². The Kier molecular flexibility index (Phi) is 4.66. The summed E-state index contributed by atoms with van der Waals surface area (Å²) in [6, 6.07) is 10.4. The summed E-state index contributed by atoms with van der Waals surface area (Å²) in [5.41, 5.74) is 1.71. The van der Waals surface area contributed by atoms with Gasteiger partial charge >= 0.3 is 0 Å². The van der Waals surface area contributed by atoms with Crippen LogP contribution in [0.15, 0.2) is 46.9 Å². The van der Waals surface area contributed by atoms with Crippen LogP contribution in [0, 0.1) is 11.6 Å². The summed E-state index contributed by atoms with van der Waals surface area (Å²) < 4.78 is 26.3. The van der Waals surface area contributed by atoms with E-state index < -0.39 is 6.10 Å².